The minimum atomic E-state index is 0.0273. The summed E-state index contributed by atoms with van der Waals surface area (Å²) in [5.41, 5.74) is 1.80. The Morgan fingerprint density at radius 3 is 2.93 bits per heavy atom. The number of aromatic nitrogens is 1. The maximum absolute atomic E-state index is 13.2. The van der Waals surface area contributed by atoms with E-state index < -0.39 is 0 Å². The number of hydrogen-bond donors (Lipinski definition) is 0. The molecule has 0 N–H and O–H groups in total. The number of amides is 1. The molecule has 0 aliphatic carbocycles. The Kier molecular flexibility index (Phi) is 5.34. The highest BCUT2D eigenvalue weighted by Crippen LogP contribution is 2.32. The molecule has 2 aromatic rings. The molecule has 3 heterocycles. The van der Waals surface area contributed by atoms with Gasteiger partial charge in [0.1, 0.15) is 0 Å². The van der Waals surface area contributed by atoms with Crippen LogP contribution in [0.5, 0.6) is 11.5 Å². The Morgan fingerprint density at radius 1 is 1.22 bits per heavy atom. The summed E-state index contributed by atoms with van der Waals surface area (Å²) < 4.78 is 19.2. The third-order valence-electron chi connectivity index (χ3n) is 5.13. The van der Waals surface area contributed by atoms with E-state index in [1.165, 1.54) is 0 Å². The average molecular weight is 370 g/mol. The van der Waals surface area contributed by atoms with Crippen molar-refractivity contribution in [3.05, 3.63) is 47.8 Å². The lowest BCUT2D eigenvalue weighted by atomic mass is 10.1. The Hall–Kier alpha value is -2.47. The number of benzene rings is 1. The summed E-state index contributed by atoms with van der Waals surface area (Å²) in [4.78, 5) is 15.1. The Morgan fingerprint density at radius 2 is 2.07 bits per heavy atom. The van der Waals surface area contributed by atoms with Crippen LogP contribution >= 0.6 is 0 Å². The lowest BCUT2D eigenvalue weighted by Crippen LogP contribution is -2.41. The molecule has 1 atom stereocenters. The zero-order chi connectivity index (χ0) is 18.6. The van der Waals surface area contributed by atoms with Gasteiger partial charge >= 0.3 is 0 Å². The Labute approximate surface area is 159 Å². The number of carbonyl (C=O) groups excluding carboxylic acids is 1. The molecule has 1 amide bonds. The minimum Gasteiger partial charge on any atom is -0.490 e. The molecule has 6 heteroatoms. The molecule has 0 fully saturated rings. The molecule has 1 unspecified atom stereocenters. The third-order valence-corrected chi connectivity index (χ3v) is 5.13. The van der Waals surface area contributed by atoms with Gasteiger partial charge in [-0.2, -0.15) is 0 Å². The van der Waals surface area contributed by atoms with E-state index in [1.807, 2.05) is 36.1 Å². The number of fused-ring (bicyclic) bond motifs is 2. The maximum atomic E-state index is 13.2. The predicted octanol–water partition coefficient (Wildman–Crippen LogP) is 3.27. The van der Waals surface area contributed by atoms with Crippen molar-refractivity contribution in [1.29, 1.82) is 0 Å². The Bertz CT molecular complexity index is 801. The van der Waals surface area contributed by atoms with Gasteiger partial charge in [0.05, 0.1) is 25.8 Å². The molecule has 1 aromatic heterocycles. The van der Waals surface area contributed by atoms with Crippen LogP contribution in [-0.2, 0) is 11.3 Å². The average Bonchev–Trinajstić information content (AvgIpc) is 3.04. The first-order valence-corrected chi connectivity index (χ1v) is 9.68. The van der Waals surface area contributed by atoms with E-state index in [-0.39, 0.29) is 11.9 Å². The summed E-state index contributed by atoms with van der Waals surface area (Å²) in [6, 6.07) is 9.85. The molecule has 6 nitrogen and oxygen atoms in total. The molecular weight excluding hydrogens is 344 g/mol. The third kappa shape index (κ3) is 3.81. The SMILES string of the molecule is CCOCCC1CN(C(=O)c2ccc3c(c2)OCCCO3)Cc2cccn21. The molecule has 0 bridgehead atoms. The highest BCUT2D eigenvalue weighted by Gasteiger charge is 2.28. The number of hydrogen-bond acceptors (Lipinski definition) is 4. The summed E-state index contributed by atoms with van der Waals surface area (Å²) >= 11 is 0. The van der Waals surface area contributed by atoms with Crippen LogP contribution in [-0.4, -0.2) is 48.3 Å². The summed E-state index contributed by atoms with van der Waals surface area (Å²) in [5, 5.41) is 0. The summed E-state index contributed by atoms with van der Waals surface area (Å²) in [7, 11) is 0. The number of rotatable bonds is 5. The van der Waals surface area contributed by atoms with Crippen molar-refractivity contribution in [2.24, 2.45) is 0 Å². The van der Waals surface area contributed by atoms with Gasteiger partial charge in [-0.3, -0.25) is 4.79 Å². The molecule has 0 radical (unpaired) electrons. The second kappa shape index (κ2) is 8.05. The number of nitrogens with zero attached hydrogens (tertiary/aromatic N) is 2. The molecule has 144 valence electrons. The standard InChI is InChI=1S/C21H26N2O4/c1-2-25-12-8-18-15-22(14-17-5-3-9-23(17)18)21(24)16-6-7-19-20(13-16)27-11-4-10-26-19/h3,5-7,9,13,18H,2,4,8,10-12,14-15H2,1H3. The maximum Gasteiger partial charge on any atom is 0.254 e. The fourth-order valence-corrected chi connectivity index (χ4v) is 3.75. The molecule has 1 aromatic carbocycles. The van der Waals surface area contributed by atoms with E-state index in [2.05, 4.69) is 16.8 Å². The monoisotopic (exact) mass is 370 g/mol. The van der Waals surface area contributed by atoms with Crippen LogP contribution in [0, 0.1) is 0 Å². The highest BCUT2D eigenvalue weighted by molar-refractivity contribution is 5.95. The van der Waals surface area contributed by atoms with Crippen molar-refractivity contribution < 1.29 is 19.0 Å². The second-order valence-corrected chi connectivity index (χ2v) is 6.94. The molecule has 0 spiro atoms. The van der Waals surface area contributed by atoms with Gasteiger partial charge in [0.15, 0.2) is 11.5 Å². The summed E-state index contributed by atoms with van der Waals surface area (Å²) in [5.74, 6) is 1.40. The molecule has 2 aliphatic rings. The van der Waals surface area contributed by atoms with Crippen LogP contribution in [0.3, 0.4) is 0 Å². The molecular formula is C21H26N2O4. The van der Waals surface area contributed by atoms with E-state index in [4.69, 9.17) is 14.2 Å². The van der Waals surface area contributed by atoms with E-state index in [1.54, 1.807) is 0 Å². The van der Waals surface area contributed by atoms with Crippen molar-refractivity contribution in [1.82, 2.24) is 9.47 Å². The summed E-state index contributed by atoms with van der Waals surface area (Å²) in [6.45, 7) is 5.97. The molecule has 0 saturated carbocycles. The van der Waals surface area contributed by atoms with Crippen molar-refractivity contribution in [2.45, 2.75) is 32.4 Å². The highest BCUT2D eigenvalue weighted by atomic mass is 16.5. The van der Waals surface area contributed by atoms with Crippen LogP contribution < -0.4 is 9.47 Å². The van der Waals surface area contributed by atoms with Crippen molar-refractivity contribution in [3.8, 4) is 11.5 Å². The van der Waals surface area contributed by atoms with Crippen molar-refractivity contribution in [3.63, 3.8) is 0 Å². The first-order chi connectivity index (χ1) is 13.3. The van der Waals surface area contributed by atoms with Gasteiger partial charge in [-0.05, 0) is 43.7 Å². The van der Waals surface area contributed by atoms with Crippen LogP contribution in [0.2, 0.25) is 0 Å². The van der Waals surface area contributed by atoms with Crippen LogP contribution in [0.4, 0.5) is 0 Å². The molecule has 0 saturated heterocycles. The smallest absolute Gasteiger partial charge is 0.254 e. The van der Waals surface area contributed by atoms with Crippen molar-refractivity contribution >= 4 is 5.91 Å². The van der Waals surface area contributed by atoms with Gasteiger partial charge in [-0.1, -0.05) is 0 Å². The zero-order valence-corrected chi connectivity index (χ0v) is 15.7. The van der Waals surface area contributed by atoms with Gasteiger partial charge in [0.25, 0.3) is 5.91 Å². The van der Waals surface area contributed by atoms with Crippen molar-refractivity contribution in [2.75, 3.05) is 33.0 Å². The quantitative estimate of drug-likeness (QED) is 0.758. The topological polar surface area (TPSA) is 52.9 Å². The van der Waals surface area contributed by atoms with E-state index in [9.17, 15) is 4.79 Å². The van der Waals surface area contributed by atoms with E-state index in [0.717, 1.165) is 18.5 Å². The molecule has 27 heavy (non-hydrogen) atoms. The second-order valence-electron chi connectivity index (χ2n) is 6.94. The van der Waals surface area contributed by atoms with Gasteiger partial charge < -0.3 is 23.7 Å². The summed E-state index contributed by atoms with van der Waals surface area (Å²) in [6.07, 6.45) is 3.84. The lowest BCUT2D eigenvalue weighted by molar-refractivity contribution is 0.0639. The van der Waals surface area contributed by atoms with Gasteiger partial charge in [-0.25, -0.2) is 0 Å². The Balaban J connectivity index is 1.53. The number of ether oxygens (including phenoxy) is 3. The van der Waals surface area contributed by atoms with Gasteiger partial charge in [-0.15, -0.1) is 0 Å². The fraction of sp³-hybridized carbons (Fsp3) is 0.476. The molecule has 2 aliphatic heterocycles. The van der Waals surface area contributed by atoms with Crippen LogP contribution in [0.15, 0.2) is 36.5 Å². The van der Waals surface area contributed by atoms with E-state index in [0.29, 0.717) is 56.6 Å². The number of carbonyl (C=O) groups is 1. The lowest BCUT2D eigenvalue weighted by Gasteiger charge is -2.35. The zero-order valence-electron chi connectivity index (χ0n) is 15.7. The predicted molar refractivity (Wildman–Crippen MR) is 101 cm³/mol. The first-order valence-electron chi connectivity index (χ1n) is 9.68. The van der Waals surface area contributed by atoms with Crippen LogP contribution in [0.1, 0.15) is 41.9 Å². The molecule has 4 rings (SSSR count). The normalized spacial score (nSPS) is 18.7. The largest absolute Gasteiger partial charge is 0.490 e. The first kappa shape index (κ1) is 17.9. The van der Waals surface area contributed by atoms with Crippen LogP contribution in [0.25, 0.3) is 0 Å². The minimum absolute atomic E-state index is 0.0273. The van der Waals surface area contributed by atoms with E-state index >= 15 is 0 Å². The van der Waals surface area contributed by atoms with Gasteiger partial charge in [0, 0.05) is 43.6 Å². The fourth-order valence-electron chi connectivity index (χ4n) is 3.75. The van der Waals surface area contributed by atoms with Gasteiger partial charge in [0.2, 0.25) is 0 Å².